The number of rotatable bonds is 6. The Bertz CT molecular complexity index is 587. The standard InChI is InChI=1S/C18H24N4/c1-3-19-17-12-16(21-18(22-17)20-4-2)15-11-10-14(15)13-8-6-5-7-9-13/h5-9,12,14-15H,3-4,10-11H2,1-2H3,(H2,19,20,21,22). The highest BCUT2D eigenvalue weighted by atomic mass is 15.1. The summed E-state index contributed by atoms with van der Waals surface area (Å²) in [6.07, 6.45) is 2.44. The van der Waals surface area contributed by atoms with Gasteiger partial charge >= 0.3 is 0 Å². The predicted octanol–water partition coefficient (Wildman–Crippen LogP) is 4.00. The van der Waals surface area contributed by atoms with E-state index in [4.69, 9.17) is 4.98 Å². The van der Waals surface area contributed by atoms with Crippen molar-refractivity contribution in [3.63, 3.8) is 0 Å². The summed E-state index contributed by atoms with van der Waals surface area (Å²) in [6.45, 7) is 5.86. The molecule has 2 N–H and O–H groups in total. The summed E-state index contributed by atoms with van der Waals surface area (Å²) in [4.78, 5) is 9.26. The molecular weight excluding hydrogens is 272 g/mol. The maximum absolute atomic E-state index is 4.74. The lowest BCUT2D eigenvalue weighted by atomic mass is 9.68. The molecule has 0 aliphatic heterocycles. The van der Waals surface area contributed by atoms with E-state index in [1.807, 2.05) is 0 Å². The number of hydrogen-bond acceptors (Lipinski definition) is 4. The number of nitrogens with zero attached hydrogens (tertiary/aromatic N) is 2. The van der Waals surface area contributed by atoms with E-state index in [0.29, 0.717) is 11.8 Å². The van der Waals surface area contributed by atoms with Crippen molar-refractivity contribution in [3.8, 4) is 0 Å². The molecule has 0 amide bonds. The predicted molar refractivity (Wildman–Crippen MR) is 91.5 cm³/mol. The second-order valence-electron chi connectivity index (χ2n) is 5.76. The van der Waals surface area contributed by atoms with Crippen LogP contribution in [0.5, 0.6) is 0 Å². The van der Waals surface area contributed by atoms with E-state index in [1.165, 1.54) is 18.4 Å². The van der Waals surface area contributed by atoms with Crippen LogP contribution in [0.1, 0.15) is 49.8 Å². The number of anilines is 2. The SMILES string of the molecule is CCNc1cc(C2CCC2c2ccccc2)nc(NCC)n1. The Morgan fingerprint density at radius 1 is 0.955 bits per heavy atom. The first-order valence-corrected chi connectivity index (χ1v) is 8.23. The minimum atomic E-state index is 0.500. The van der Waals surface area contributed by atoms with Crippen LogP contribution in [-0.4, -0.2) is 23.1 Å². The molecule has 1 fully saturated rings. The van der Waals surface area contributed by atoms with E-state index < -0.39 is 0 Å². The molecule has 1 saturated carbocycles. The number of aromatic nitrogens is 2. The van der Waals surface area contributed by atoms with Gasteiger partial charge in [-0.05, 0) is 38.2 Å². The van der Waals surface area contributed by atoms with Gasteiger partial charge in [-0.3, -0.25) is 0 Å². The third-order valence-electron chi connectivity index (χ3n) is 4.32. The molecule has 0 spiro atoms. The second-order valence-corrected chi connectivity index (χ2v) is 5.76. The van der Waals surface area contributed by atoms with Crippen LogP contribution in [0.2, 0.25) is 0 Å². The van der Waals surface area contributed by atoms with Gasteiger partial charge in [0.2, 0.25) is 5.95 Å². The zero-order valence-electron chi connectivity index (χ0n) is 13.3. The Labute approximate surface area is 132 Å². The van der Waals surface area contributed by atoms with Gasteiger partial charge in [0.15, 0.2) is 0 Å². The summed E-state index contributed by atoms with van der Waals surface area (Å²) in [7, 11) is 0. The zero-order chi connectivity index (χ0) is 15.4. The van der Waals surface area contributed by atoms with Crippen molar-refractivity contribution in [1.82, 2.24) is 9.97 Å². The van der Waals surface area contributed by atoms with E-state index >= 15 is 0 Å². The van der Waals surface area contributed by atoms with Gasteiger partial charge in [0, 0.05) is 25.1 Å². The summed E-state index contributed by atoms with van der Waals surface area (Å²) >= 11 is 0. The van der Waals surface area contributed by atoms with Crippen molar-refractivity contribution in [2.75, 3.05) is 23.7 Å². The van der Waals surface area contributed by atoms with Gasteiger partial charge in [-0.15, -0.1) is 0 Å². The van der Waals surface area contributed by atoms with Crippen LogP contribution in [0.3, 0.4) is 0 Å². The zero-order valence-corrected chi connectivity index (χ0v) is 13.3. The topological polar surface area (TPSA) is 49.8 Å². The van der Waals surface area contributed by atoms with E-state index in [2.05, 4.69) is 65.9 Å². The average Bonchev–Trinajstić information content (AvgIpc) is 2.48. The summed E-state index contributed by atoms with van der Waals surface area (Å²) in [5, 5.41) is 6.56. The molecule has 2 atom stereocenters. The van der Waals surface area contributed by atoms with Crippen LogP contribution in [0.15, 0.2) is 36.4 Å². The monoisotopic (exact) mass is 296 g/mol. The minimum Gasteiger partial charge on any atom is -0.370 e. The van der Waals surface area contributed by atoms with E-state index in [-0.39, 0.29) is 0 Å². The van der Waals surface area contributed by atoms with Crippen LogP contribution < -0.4 is 10.6 Å². The quantitative estimate of drug-likeness (QED) is 0.846. The lowest BCUT2D eigenvalue weighted by molar-refractivity contribution is 0.340. The van der Waals surface area contributed by atoms with Crippen LogP contribution >= 0.6 is 0 Å². The highest BCUT2D eigenvalue weighted by Crippen LogP contribution is 2.48. The van der Waals surface area contributed by atoms with E-state index in [1.54, 1.807) is 0 Å². The largest absolute Gasteiger partial charge is 0.370 e. The lowest BCUT2D eigenvalue weighted by Crippen LogP contribution is -2.23. The van der Waals surface area contributed by atoms with Gasteiger partial charge in [0.1, 0.15) is 5.82 Å². The molecule has 0 bridgehead atoms. The van der Waals surface area contributed by atoms with Crippen LogP contribution in [0, 0.1) is 0 Å². The van der Waals surface area contributed by atoms with Crippen LogP contribution in [0.25, 0.3) is 0 Å². The van der Waals surface area contributed by atoms with Gasteiger partial charge in [-0.2, -0.15) is 4.98 Å². The lowest BCUT2D eigenvalue weighted by Gasteiger charge is -2.37. The molecule has 116 valence electrons. The van der Waals surface area contributed by atoms with Crippen molar-refractivity contribution >= 4 is 11.8 Å². The van der Waals surface area contributed by atoms with Crippen LogP contribution in [0.4, 0.5) is 11.8 Å². The summed E-state index contributed by atoms with van der Waals surface area (Å²) in [5.41, 5.74) is 2.58. The molecular formula is C18H24N4. The fraction of sp³-hybridized carbons (Fsp3) is 0.444. The molecule has 2 unspecified atom stereocenters. The molecule has 4 nitrogen and oxygen atoms in total. The third kappa shape index (κ3) is 3.06. The summed E-state index contributed by atoms with van der Waals surface area (Å²) < 4.78 is 0. The second kappa shape index (κ2) is 6.77. The van der Waals surface area contributed by atoms with Crippen molar-refractivity contribution in [2.45, 2.75) is 38.5 Å². The molecule has 2 aromatic rings. The first-order chi connectivity index (χ1) is 10.8. The summed E-state index contributed by atoms with van der Waals surface area (Å²) in [6, 6.07) is 12.9. The molecule has 1 aromatic heterocycles. The van der Waals surface area contributed by atoms with E-state index in [0.717, 1.165) is 30.5 Å². The van der Waals surface area contributed by atoms with Gasteiger partial charge in [-0.25, -0.2) is 4.98 Å². The highest BCUT2D eigenvalue weighted by Gasteiger charge is 2.34. The third-order valence-corrected chi connectivity index (χ3v) is 4.32. The maximum Gasteiger partial charge on any atom is 0.224 e. The Kier molecular flexibility index (Phi) is 4.56. The number of hydrogen-bond donors (Lipinski definition) is 2. The normalized spacial score (nSPS) is 20.3. The number of nitrogens with one attached hydrogen (secondary N) is 2. The van der Waals surface area contributed by atoms with Crippen molar-refractivity contribution in [1.29, 1.82) is 0 Å². The van der Waals surface area contributed by atoms with Crippen molar-refractivity contribution in [2.24, 2.45) is 0 Å². The first kappa shape index (κ1) is 14.8. The molecule has 0 radical (unpaired) electrons. The Morgan fingerprint density at radius 2 is 1.68 bits per heavy atom. The Morgan fingerprint density at radius 3 is 2.32 bits per heavy atom. The fourth-order valence-corrected chi connectivity index (χ4v) is 3.12. The van der Waals surface area contributed by atoms with E-state index in [9.17, 15) is 0 Å². The molecule has 22 heavy (non-hydrogen) atoms. The van der Waals surface area contributed by atoms with Gasteiger partial charge in [-0.1, -0.05) is 30.3 Å². The average molecular weight is 296 g/mol. The number of benzene rings is 1. The Balaban J connectivity index is 1.87. The molecule has 1 aromatic carbocycles. The maximum atomic E-state index is 4.74. The molecule has 1 heterocycles. The smallest absolute Gasteiger partial charge is 0.224 e. The van der Waals surface area contributed by atoms with Gasteiger partial charge in [0.25, 0.3) is 0 Å². The Hall–Kier alpha value is -2.10. The minimum absolute atomic E-state index is 0.500. The molecule has 1 aliphatic rings. The highest BCUT2D eigenvalue weighted by molar-refractivity contribution is 5.44. The van der Waals surface area contributed by atoms with Crippen LogP contribution in [-0.2, 0) is 0 Å². The van der Waals surface area contributed by atoms with Gasteiger partial charge in [0.05, 0.1) is 5.69 Å². The first-order valence-electron chi connectivity index (χ1n) is 8.23. The molecule has 0 saturated heterocycles. The molecule has 4 heteroatoms. The fourth-order valence-electron chi connectivity index (χ4n) is 3.12. The molecule has 3 rings (SSSR count). The molecule has 1 aliphatic carbocycles. The summed E-state index contributed by atoms with van der Waals surface area (Å²) in [5.74, 6) is 2.73. The van der Waals surface area contributed by atoms with Gasteiger partial charge < -0.3 is 10.6 Å². The van der Waals surface area contributed by atoms with Crippen molar-refractivity contribution < 1.29 is 0 Å². The van der Waals surface area contributed by atoms with Crippen molar-refractivity contribution in [3.05, 3.63) is 47.7 Å².